The summed E-state index contributed by atoms with van der Waals surface area (Å²) in [4.78, 5) is 10.8. The number of carbonyl (C=O) groups is 1. The fraction of sp³-hybridized carbons (Fsp3) is 0.200. The van der Waals surface area contributed by atoms with Gasteiger partial charge in [0.25, 0.3) is 0 Å². The fourth-order valence-corrected chi connectivity index (χ4v) is 1.54. The van der Waals surface area contributed by atoms with Crippen LogP contribution in [0.25, 0.3) is 10.9 Å². The molecule has 2 rings (SSSR count). The molecule has 0 spiro atoms. The second-order valence-electron chi connectivity index (χ2n) is 3.24. The van der Waals surface area contributed by atoms with E-state index in [4.69, 9.17) is 9.84 Å². The number of nitrogens with zero attached hydrogens (tertiary/aromatic N) is 1. The Hall–Kier alpha value is -2.04. The van der Waals surface area contributed by atoms with Crippen LogP contribution in [0, 0.1) is 6.92 Å². The summed E-state index contributed by atoms with van der Waals surface area (Å²) in [6.45, 7) is 1.89. The van der Waals surface area contributed by atoms with Crippen molar-refractivity contribution in [2.24, 2.45) is 0 Å². The molecule has 1 aromatic carbocycles. The summed E-state index contributed by atoms with van der Waals surface area (Å²) in [6.07, 6.45) is 0. The molecule has 1 heterocycles. The van der Waals surface area contributed by atoms with Gasteiger partial charge in [-0.15, -0.1) is 0 Å². The lowest BCUT2D eigenvalue weighted by atomic mass is 10.1. The summed E-state index contributed by atoms with van der Waals surface area (Å²) in [5.41, 5.74) is 1.65. The number of aryl methyl sites for hydroxylation is 1. The van der Waals surface area contributed by atoms with Gasteiger partial charge in [0.05, 0.1) is 12.6 Å². The third-order valence-corrected chi connectivity index (χ3v) is 2.28. The maximum Gasteiger partial charge on any atom is 0.357 e. The molecule has 78 valence electrons. The Morgan fingerprint density at radius 3 is 2.87 bits per heavy atom. The van der Waals surface area contributed by atoms with Crippen LogP contribution in [-0.2, 0) is 0 Å². The lowest BCUT2D eigenvalue weighted by Gasteiger charge is -2.03. The van der Waals surface area contributed by atoms with Gasteiger partial charge in [-0.1, -0.05) is 0 Å². The molecule has 0 radical (unpaired) electrons. The monoisotopic (exact) mass is 206 g/mol. The molecular formula is C10H10N2O3. The highest BCUT2D eigenvalue weighted by molar-refractivity contribution is 6.01. The van der Waals surface area contributed by atoms with E-state index in [0.29, 0.717) is 16.7 Å². The first-order valence-corrected chi connectivity index (χ1v) is 4.39. The van der Waals surface area contributed by atoms with Gasteiger partial charge < -0.3 is 9.84 Å². The highest BCUT2D eigenvalue weighted by atomic mass is 16.5. The Labute approximate surface area is 85.7 Å². The van der Waals surface area contributed by atoms with Crippen molar-refractivity contribution in [2.75, 3.05) is 7.11 Å². The van der Waals surface area contributed by atoms with Gasteiger partial charge in [-0.25, -0.2) is 4.79 Å². The van der Waals surface area contributed by atoms with Crippen LogP contribution in [0.3, 0.4) is 0 Å². The smallest absolute Gasteiger partial charge is 0.357 e. The third-order valence-electron chi connectivity index (χ3n) is 2.28. The Bertz CT molecular complexity index is 531. The number of hydrogen-bond donors (Lipinski definition) is 2. The van der Waals surface area contributed by atoms with Crippen LogP contribution in [0.5, 0.6) is 5.75 Å². The number of carboxylic acid groups (broad SMARTS) is 1. The quantitative estimate of drug-likeness (QED) is 0.782. The lowest BCUT2D eigenvalue weighted by molar-refractivity contribution is 0.0692. The topological polar surface area (TPSA) is 75.2 Å². The largest absolute Gasteiger partial charge is 0.496 e. The molecule has 2 aromatic rings. The van der Waals surface area contributed by atoms with Crippen LogP contribution in [-0.4, -0.2) is 28.4 Å². The van der Waals surface area contributed by atoms with Crippen LogP contribution in [0.4, 0.5) is 0 Å². The summed E-state index contributed by atoms with van der Waals surface area (Å²) in [5.74, 6) is -0.390. The van der Waals surface area contributed by atoms with E-state index >= 15 is 0 Å². The Morgan fingerprint density at radius 1 is 1.53 bits per heavy atom. The summed E-state index contributed by atoms with van der Waals surface area (Å²) >= 11 is 0. The lowest BCUT2D eigenvalue weighted by Crippen LogP contribution is -1.97. The number of fused-ring (bicyclic) bond motifs is 1. The van der Waals surface area contributed by atoms with E-state index in [2.05, 4.69) is 10.2 Å². The predicted molar refractivity (Wildman–Crippen MR) is 54.3 cm³/mol. The highest BCUT2D eigenvalue weighted by Crippen LogP contribution is 2.25. The van der Waals surface area contributed by atoms with Crippen molar-refractivity contribution in [1.82, 2.24) is 10.2 Å². The summed E-state index contributed by atoms with van der Waals surface area (Å²) in [7, 11) is 1.55. The first kappa shape index (κ1) is 9.51. The van der Waals surface area contributed by atoms with Crippen molar-refractivity contribution in [3.63, 3.8) is 0 Å². The third kappa shape index (κ3) is 1.41. The van der Waals surface area contributed by atoms with Crippen molar-refractivity contribution in [1.29, 1.82) is 0 Å². The molecule has 0 fully saturated rings. The van der Waals surface area contributed by atoms with Crippen LogP contribution in [0.15, 0.2) is 12.1 Å². The number of H-pyrrole nitrogens is 1. The highest BCUT2D eigenvalue weighted by Gasteiger charge is 2.14. The molecule has 15 heavy (non-hydrogen) atoms. The van der Waals surface area contributed by atoms with Gasteiger partial charge >= 0.3 is 5.97 Å². The average molecular weight is 206 g/mol. The maximum absolute atomic E-state index is 10.8. The number of hydrogen-bond acceptors (Lipinski definition) is 3. The molecule has 0 aliphatic carbocycles. The van der Waals surface area contributed by atoms with Crippen LogP contribution < -0.4 is 4.74 Å². The number of rotatable bonds is 2. The van der Waals surface area contributed by atoms with Crippen molar-refractivity contribution in [3.8, 4) is 5.75 Å². The zero-order valence-electron chi connectivity index (χ0n) is 8.37. The van der Waals surface area contributed by atoms with Crippen LogP contribution in [0.1, 0.15) is 16.1 Å². The standard InChI is InChI=1S/C10H10N2O3/c1-5-3-7-6(4-8(5)15-2)9(10(13)14)12-11-7/h3-4H,1-2H3,(H,11,12)(H,13,14). The first-order chi connectivity index (χ1) is 7.13. The van der Waals surface area contributed by atoms with Gasteiger partial charge in [-0.3, -0.25) is 5.10 Å². The predicted octanol–water partition coefficient (Wildman–Crippen LogP) is 1.58. The van der Waals surface area contributed by atoms with E-state index in [1.807, 2.05) is 13.0 Å². The van der Waals surface area contributed by atoms with Gasteiger partial charge in [-0.2, -0.15) is 5.10 Å². The molecule has 1 aromatic heterocycles. The van der Waals surface area contributed by atoms with Crippen molar-refractivity contribution >= 4 is 16.9 Å². The molecule has 0 amide bonds. The van der Waals surface area contributed by atoms with Gasteiger partial charge in [-0.05, 0) is 24.6 Å². The van der Waals surface area contributed by atoms with E-state index in [-0.39, 0.29) is 5.69 Å². The molecule has 0 bridgehead atoms. The first-order valence-electron chi connectivity index (χ1n) is 4.39. The molecule has 0 unspecified atom stereocenters. The van der Waals surface area contributed by atoms with Gasteiger partial charge in [0, 0.05) is 5.39 Å². The number of carboxylic acids is 1. The number of methoxy groups -OCH3 is 1. The molecule has 0 atom stereocenters. The second kappa shape index (κ2) is 3.27. The molecule has 0 aliphatic rings. The molecule has 0 saturated heterocycles. The zero-order chi connectivity index (χ0) is 11.0. The van der Waals surface area contributed by atoms with Gasteiger partial charge in [0.2, 0.25) is 0 Å². The fourth-order valence-electron chi connectivity index (χ4n) is 1.54. The van der Waals surface area contributed by atoms with E-state index in [1.54, 1.807) is 13.2 Å². The zero-order valence-corrected chi connectivity index (χ0v) is 8.37. The van der Waals surface area contributed by atoms with Gasteiger partial charge in [0.15, 0.2) is 5.69 Å². The molecular weight excluding hydrogens is 196 g/mol. The summed E-state index contributed by atoms with van der Waals surface area (Å²) in [6, 6.07) is 3.49. The molecule has 5 heteroatoms. The molecule has 0 aliphatic heterocycles. The minimum Gasteiger partial charge on any atom is -0.496 e. The number of benzene rings is 1. The molecule has 0 saturated carbocycles. The number of nitrogens with one attached hydrogen (secondary N) is 1. The van der Waals surface area contributed by atoms with Gasteiger partial charge in [0.1, 0.15) is 5.75 Å². The van der Waals surface area contributed by atoms with Crippen molar-refractivity contribution < 1.29 is 14.6 Å². The van der Waals surface area contributed by atoms with E-state index in [1.165, 1.54) is 0 Å². The number of ether oxygens (including phenoxy) is 1. The van der Waals surface area contributed by atoms with Crippen LogP contribution in [0.2, 0.25) is 0 Å². The Balaban J connectivity index is 2.74. The summed E-state index contributed by atoms with van der Waals surface area (Å²) in [5, 5.41) is 15.8. The SMILES string of the molecule is COc1cc2c(C(=O)O)n[nH]c2cc1C. The number of aromatic carboxylic acids is 1. The van der Waals surface area contributed by atoms with Crippen molar-refractivity contribution in [3.05, 3.63) is 23.4 Å². The minimum absolute atomic E-state index is 0.0169. The number of aromatic nitrogens is 2. The van der Waals surface area contributed by atoms with Crippen molar-refractivity contribution in [2.45, 2.75) is 6.92 Å². The second-order valence-corrected chi connectivity index (χ2v) is 3.24. The van der Waals surface area contributed by atoms with E-state index in [0.717, 1.165) is 5.56 Å². The minimum atomic E-state index is -1.05. The Kier molecular flexibility index (Phi) is 2.07. The van der Waals surface area contributed by atoms with E-state index < -0.39 is 5.97 Å². The molecule has 2 N–H and O–H groups in total. The Morgan fingerprint density at radius 2 is 2.27 bits per heavy atom. The van der Waals surface area contributed by atoms with Crippen LogP contribution >= 0.6 is 0 Å². The normalized spacial score (nSPS) is 10.5. The maximum atomic E-state index is 10.8. The molecule has 5 nitrogen and oxygen atoms in total. The summed E-state index contributed by atoms with van der Waals surface area (Å²) < 4.78 is 5.12. The average Bonchev–Trinajstić information content (AvgIpc) is 2.59. The van der Waals surface area contributed by atoms with E-state index in [9.17, 15) is 4.79 Å². The number of aromatic amines is 1.